The zero-order chi connectivity index (χ0) is 21.6. The highest BCUT2D eigenvalue weighted by atomic mass is 19.1. The highest BCUT2D eigenvalue weighted by molar-refractivity contribution is 5.61. The Labute approximate surface area is 182 Å². The van der Waals surface area contributed by atoms with E-state index in [2.05, 4.69) is 18.1 Å². The van der Waals surface area contributed by atoms with Crippen molar-refractivity contribution < 1.29 is 14.2 Å². The molecule has 160 valence electrons. The molecule has 31 heavy (non-hydrogen) atoms. The summed E-state index contributed by atoms with van der Waals surface area (Å²) in [6.07, 6.45) is 7.47. The van der Waals surface area contributed by atoms with Crippen molar-refractivity contribution in [2.75, 3.05) is 7.11 Å². The van der Waals surface area contributed by atoms with Crippen molar-refractivity contribution in [1.82, 2.24) is 9.78 Å². The van der Waals surface area contributed by atoms with Crippen molar-refractivity contribution in [3.8, 4) is 11.4 Å². The second-order valence-corrected chi connectivity index (χ2v) is 8.92. The first-order valence-corrected chi connectivity index (χ1v) is 10.9. The molecule has 0 spiro atoms. The number of allylic oxidation sites excluding steroid dienone is 1. The lowest BCUT2D eigenvalue weighted by molar-refractivity contribution is 0.0217. The average Bonchev–Trinajstić information content (AvgIpc) is 3.19. The minimum Gasteiger partial charge on any atom is -0.497 e. The molecule has 5 rings (SSSR count). The number of fused-ring (bicyclic) bond motifs is 2. The standard InChI is InChI=1S/C26H27FN2O2/c1-26-15-18-16-28-29(21-10-12-22(31-2)13-11-21)24(18)14-19(26)4-3-5-23(26)25(30)17-6-8-20(27)9-7-17/h6-14,16,23,25,30H,3-5,15H2,1-2H3/t23-,25+,26+/m1/s1. The van der Waals surface area contributed by atoms with Crippen LogP contribution in [0.3, 0.4) is 0 Å². The second-order valence-electron chi connectivity index (χ2n) is 8.92. The van der Waals surface area contributed by atoms with E-state index in [0.29, 0.717) is 0 Å². The first-order valence-electron chi connectivity index (χ1n) is 10.9. The van der Waals surface area contributed by atoms with Gasteiger partial charge in [0.15, 0.2) is 0 Å². The Morgan fingerprint density at radius 3 is 2.61 bits per heavy atom. The molecule has 1 heterocycles. The van der Waals surface area contributed by atoms with Gasteiger partial charge in [-0.05, 0) is 90.6 Å². The molecule has 0 unspecified atom stereocenters. The quantitative estimate of drug-likeness (QED) is 0.609. The van der Waals surface area contributed by atoms with Crippen LogP contribution in [-0.4, -0.2) is 22.0 Å². The Morgan fingerprint density at radius 2 is 1.90 bits per heavy atom. The molecule has 1 N–H and O–H groups in total. The Balaban J connectivity index is 1.49. The van der Waals surface area contributed by atoms with Crippen LogP contribution in [0, 0.1) is 17.2 Å². The molecule has 1 aromatic heterocycles. The first kappa shape index (κ1) is 20.0. The second kappa shape index (κ2) is 7.65. The summed E-state index contributed by atoms with van der Waals surface area (Å²) in [5, 5.41) is 15.9. The van der Waals surface area contributed by atoms with Crippen LogP contribution in [0.5, 0.6) is 5.75 Å². The summed E-state index contributed by atoms with van der Waals surface area (Å²) < 4.78 is 20.6. The van der Waals surface area contributed by atoms with Crippen molar-refractivity contribution in [3.05, 3.63) is 82.9 Å². The van der Waals surface area contributed by atoms with Gasteiger partial charge in [0.2, 0.25) is 0 Å². The fourth-order valence-corrected chi connectivity index (χ4v) is 5.41. The van der Waals surface area contributed by atoms with E-state index in [0.717, 1.165) is 48.4 Å². The van der Waals surface area contributed by atoms with E-state index in [-0.39, 0.29) is 17.2 Å². The van der Waals surface area contributed by atoms with Crippen molar-refractivity contribution in [2.24, 2.45) is 11.3 Å². The predicted molar refractivity (Wildman–Crippen MR) is 119 cm³/mol. The van der Waals surface area contributed by atoms with E-state index >= 15 is 0 Å². The van der Waals surface area contributed by atoms with Crippen LogP contribution in [-0.2, 0) is 6.42 Å². The molecule has 0 aliphatic heterocycles. The number of benzene rings is 2. The Kier molecular flexibility index (Phi) is 4.94. The average molecular weight is 419 g/mol. The first-order chi connectivity index (χ1) is 15.0. The molecule has 3 aromatic rings. The molecular formula is C26H27FN2O2. The van der Waals surface area contributed by atoms with Crippen molar-refractivity contribution in [2.45, 2.75) is 38.7 Å². The van der Waals surface area contributed by atoms with Gasteiger partial charge in [-0.2, -0.15) is 5.10 Å². The lowest BCUT2D eigenvalue weighted by Crippen LogP contribution is -2.40. The highest BCUT2D eigenvalue weighted by Gasteiger charge is 2.46. The third kappa shape index (κ3) is 3.37. The number of nitrogens with zero attached hydrogens (tertiary/aromatic N) is 2. The van der Waals surface area contributed by atoms with E-state index in [1.54, 1.807) is 19.2 Å². The van der Waals surface area contributed by atoms with Gasteiger partial charge in [0.25, 0.3) is 0 Å². The van der Waals surface area contributed by atoms with Gasteiger partial charge < -0.3 is 9.84 Å². The summed E-state index contributed by atoms with van der Waals surface area (Å²) in [6.45, 7) is 2.27. The highest BCUT2D eigenvalue weighted by Crippen LogP contribution is 2.54. The number of ether oxygens (including phenoxy) is 1. The minimum atomic E-state index is -0.618. The number of aliphatic hydroxyl groups is 1. The fraction of sp³-hybridized carbons (Fsp3) is 0.346. The zero-order valence-electron chi connectivity index (χ0n) is 17.9. The van der Waals surface area contributed by atoms with Crippen LogP contribution in [0.4, 0.5) is 4.39 Å². The number of methoxy groups -OCH3 is 1. The van der Waals surface area contributed by atoms with Gasteiger partial charge >= 0.3 is 0 Å². The third-order valence-corrected chi connectivity index (χ3v) is 7.18. The molecule has 2 aromatic carbocycles. The summed E-state index contributed by atoms with van der Waals surface area (Å²) in [6, 6.07) is 14.2. The van der Waals surface area contributed by atoms with Gasteiger partial charge in [-0.25, -0.2) is 9.07 Å². The molecule has 4 nitrogen and oxygen atoms in total. The maximum absolute atomic E-state index is 13.4. The topological polar surface area (TPSA) is 47.3 Å². The molecule has 0 amide bonds. The number of halogens is 1. The van der Waals surface area contributed by atoms with Crippen LogP contribution < -0.4 is 4.74 Å². The molecule has 2 aliphatic carbocycles. The van der Waals surface area contributed by atoms with Crippen molar-refractivity contribution >= 4 is 6.08 Å². The van der Waals surface area contributed by atoms with Crippen LogP contribution in [0.2, 0.25) is 0 Å². The van der Waals surface area contributed by atoms with Crippen LogP contribution >= 0.6 is 0 Å². The third-order valence-electron chi connectivity index (χ3n) is 7.18. The normalized spacial score (nSPS) is 23.5. The van der Waals surface area contributed by atoms with Gasteiger partial charge in [-0.15, -0.1) is 0 Å². The zero-order valence-corrected chi connectivity index (χ0v) is 17.9. The smallest absolute Gasteiger partial charge is 0.123 e. The number of aliphatic hydroxyl groups excluding tert-OH is 1. The molecule has 1 fully saturated rings. The van der Waals surface area contributed by atoms with E-state index < -0.39 is 6.10 Å². The summed E-state index contributed by atoms with van der Waals surface area (Å²) in [5.41, 5.74) is 5.32. The largest absolute Gasteiger partial charge is 0.497 e. The van der Waals surface area contributed by atoms with Crippen LogP contribution in [0.1, 0.15) is 49.1 Å². The van der Waals surface area contributed by atoms with Crippen molar-refractivity contribution in [3.63, 3.8) is 0 Å². The summed E-state index contributed by atoms with van der Waals surface area (Å²) in [5.74, 6) is 0.621. The molecule has 3 atom stereocenters. The van der Waals surface area contributed by atoms with E-state index in [1.807, 2.05) is 35.1 Å². The number of hydrogen-bond acceptors (Lipinski definition) is 3. The van der Waals surface area contributed by atoms with Gasteiger partial charge in [-0.3, -0.25) is 0 Å². The predicted octanol–water partition coefficient (Wildman–Crippen LogP) is 5.50. The molecule has 0 bridgehead atoms. The summed E-state index contributed by atoms with van der Waals surface area (Å²) >= 11 is 0. The van der Waals surface area contributed by atoms with Gasteiger partial charge in [0.05, 0.1) is 30.8 Å². The Morgan fingerprint density at radius 1 is 1.16 bits per heavy atom. The molecule has 5 heteroatoms. The molecule has 2 aliphatic rings. The monoisotopic (exact) mass is 418 g/mol. The van der Waals surface area contributed by atoms with E-state index in [9.17, 15) is 9.50 Å². The number of rotatable bonds is 4. The van der Waals surface area contributed by atoms with E-state index in [4.69, 9.17) is 4.74 Å². The summed E-state index contributed by atoms with van der Waals surface area (Å²) in [4.78, 5) is 0. The van der Waals surface area contributed by atoms with E-state index in [1.165, 1.54) is 23.3 Å². The lowest BCUT2D eigenvalue weighted by Gasteiger charge is -2.47. The Bertz CT molecular complexity index is 1120. The van der Waals surface area contributed by atoms with Crippen LogP contribution in [0.15, 0.2) is 60.3 Å². The molecular weight excluding hydrogens is 391 g/mol. The van der Waals surface area contributed by atoms with Gasteiger partial charge in [0, 0.05) is 0 Å². The van der Waals surface area contributed by atoms with Gasteiger partial charge in [-0.1, -0.05) is 24.6 Å². The van der Waals surface area contributed by atoms with Crippen molar-refractivity contribution in [1.29, 1.82) is 0 Å². The molecule has 0 radical (unpaired) electrons. The molecule has 1 saturated carbocycles. The van der Waals surface area contributed by atoms with Gasteiger partial charge in [0.1, 0.15) is 11.6 Å². The summed E-state index contributed by atoms with van der Waals surface area (Å²) in [7, 11) is 1.66. The SMILES string of the molecule is COc1ccc(-n2ncc3c2C=C2CCC[C@H]([C@@H](O)c4ccc(F)cc4)[C@@]2(C)C3)cc1. The Hall–Kier alpha value is -2.92. The fourth-order valence-electron chi connectivity index (χ4n) is 5.41. The molecule has 0 saturated heterocycles. The maximum atomic E-state index is 13.4. The lowest BCUT2D eigenvalue weighted by atomic mass is 9.57. The maximum Gasteiger partial charge on any atom is 0.123 e. The number of hydrogen-bond donors (Lipinski definition) is 1. The van der Waals surface area contributed by atoms with Crippen LogP contribution in [0.25, 0.3) is 11.8 Å². The number of aromatic nitrogens is 2. The minimum absolute atomic E-state index is 0.0791.